The average molecular weight is 368 g/mol. The molecule has 1 aliphatic rings. The van der Waals surface area contributed by atoms with Crippen molar-refractivity contribution in [2.45, 2.75) is 12.8 Å². The normalized spacial score (nSPS) is 13.9. The van der Waals surface area contributed by atoms with E-state index >= 15 is 0 Å². The van der Waals surface area contributed by atoms with Crippen molar-refractivity contribution < 1.29 is 19.1 Å². The lowest BCUT2D eigenvalue weighted by atomic mass is 10.1. The molecule has 142 valence electrons. The molecule has 2 aromatic carbocycles. The van der Waals surface area contributed by atoms with Crippen LogP contribution in [0.15, 0.2) is 48.5 Å². The number of rotatable bonds is 6. The summed E-state index contributed by atoms with van der Waals surface area (Å²) in [7, 11) is 1.59. The lowest BCUT2D eigenvalue weighted by molar-refractivity contribution is -0.134. The Morgan fingerprint density at radius 1 is 1.04 bits per heavy atom. The van der Waals surface area contributed by atoms with Crippen molar-refractivity contribution in [3.63, 3.8) is 0 Å². The van der Waals surface area contributed by atoms with Crippen molar-refractivity contribution >= 4 is 17.5 Å². The van der Waals surface area contributed by atoms with Crippen LogP contribution < -0.4 is 10.1 Å². The van der Waals surface area contributed by atoms with Gasteiger partial charge in [-0.05, 0) is 23.8 Å². The second-order valence-corrected chi connectivity index (χ2v) is 6.40. The lowest BCUT2D eigenvalue weighted by Crippen LogP contribution is -2.41. The van der Waals surface area contributed by atoms with Gasteiger partial charge in [-0.2, -0.15) is 0 Å². The van der Waals surface area contributed by atoms with Crippen molar-refractivity contribution in [2.24, 2.45) is 0 Å². The molecule has 1 aliphatic heterocycles. The van der Waals surface area contributed by atoms with Crippen LogP contribution in [0, 0.1) is 0 Å². The van der Waals surface area contributed by atoms with E-state index < -0.39 is 0 Å². The summed E-state index contributed by atoms with van der Waals surface area (Å²) >= 11 is 0. The van der Waals surface area contributed by atoms with Crippen molar-refractivity contribution in [3.05, 3.63) is 59.7 Å². The maximum atomic E-state index is 12.3. The molecule has 1 saturated heterocycles. The molecule has 0 radical (unpaired) electrons. The Kier molecular flexibility index (Phi) is 6.44. The third-order valence-corrected chi connectivity index (χ3v) is 4.50. The van der Waals surface area contributed by atoms with E-state index in [2.05, 4.69) is 5.32 Å². The van der Waals surface area contributed by atoms with Gasteiger partial charge in [0.2, 0.25) is 11.8 Å². The number of nitrogens with one attached hydrogen (secondary N) is 1. The molecule has 2 aromatic rings. The van der Waals surface area contributed by atoms with Gasteiger partial charge in [0, 0.05) is 24.3 Å². The zero-order valence-corrected chi connectivity index (χ0v) is 15.4. The molecular weight excluding hydrogens is 344 g/mol. The summed E-state index contributed by atoms with van der Waals surface area (Å²) in [6.45, 7) is 2.50. The van der Waals surface area contributed by atoms with Crippen molar-refractivity contribution in [1.82, 2.24) is 4.90 Å². The number of amides is 2. The largest absolute Gasteiger partial charge is 0.496 e. The topological polar surface area (TPSA) is 67.9 Å². The minimum atomic E-state index is -0.114. The summed E-state index contributed by atoms with van der Waals surface area (Å²) in [5.41, 5.74) is 2.47. The van der Waals surface area contributed by atoms with Gasteiger partial charge in [0.15, 0.2) is 0 Å². The number of ether oxygens (including phenoxy) is 2. The van der Waals surface area contributed by atoms with Crippen LogP contribution in [0.25, 0.3) is 0 Å². The molecule has 0 bridgehead atoms. The van der Waals surface area contributed by atoms with Gasteiger partial charge in [0.1, 0.15) is 5.75 Å². The van der Waals surface area contributed by atoms with E-state index in [4.69, 9.17) is 9.47 Å². The summed E-state index contributed by atoms with van der Waals surface area (Å²) < 4.78 is 10.5. The van der Waals surface area contributed by atoms with Gasteiger partial charge in [-0.3, -0.25) is 9.59 Å². The molecule has 1 N–H and O–H groups in total. The number of carbonyl (C=O) groups excluding carboxylic acids is 2. The van der Waals surface area contributed by atoms with E-state index in [0.717, 1.165) is 11.1 Å². The van der Waals surface area contributed by atoms with Crippen molar-refractivity contribution in [2.75, 3.05) is 38.7 Å². The number of benzene rings is 2. The summed E-state index contributed by atoms with van der Waals surface area (Å²) in [5, 5.41) is 2.88. The summed E-state index contributed by atoms with van der Waals surface area (Å²) in [4.78, 5) is 26.4. The van der Waals surface area contributed by atoms with Gasteiger partial charge in [0.25, 0.3) is 0 Å². The molecule has 6 nitrogen and oxygen atoms in total. The third kappa shape index (κ3) is 5.31. The van der Waals surface area contributed by atoms with Crippen molar-refractivity contribution in [3.8, 4) is 5.75 Å². The first kappa shape index (κ1) is 18.9. The molecule has 1 fully saturated rings. The van der Waals surface area contributed by atoms with E-state index in [1.807, 2.05) is 53.4 Å². The zero-order chi connectivity index (χ0) is 19.1. The van der Waals surface area contributed by atoms with Crippen LogP contribution in [0.3, 0.4) is 0 Å². The molecule has 0 aromatic heterocycles. The highest BCUT2D eigenvalue weighted by Crippen LogP contribution is 2.19. The quantitative estimate of drug-likeness (QED) is 0.849. The van der Waals surface area contributed by atoms with E-state index in [-0.39, 0.29) is 18.2 Å². The Labute approximate surface area is 159 Å². The number of anilines is 1. The zero-order valence-electron chi connectivity index (χ0n) is 15.4. The Balaban J connectivity index is 1.54. The number of methoxy groups -OCH3 is 1. The molecule has 2 amide bonds. The second kappa shape index (κ2) is 9.19. The Hall–Kier alpha value is -2.86. The van der Waals surface area contributed by atoms with Gasteiger partial charge in [-0.1, -0.05) is 30.3 Å². The van der Waals surface area contributed by atoms with E-state index in [0.29, 0.717) is 44.2 Å². The monoisotopic (exact) mass is 368 g/mol. The second-order valence-electron chi connectivity index (χ2n) is 6.40. The minimum absolute atomic E-state index is 0.103. The maximum Gasteiger partial charge on any atom is 0.228 e. The summed E-state index contributed by atoms with van der Waals surface area (Å²) in [5.74, 6) is 0.688. The van der Waals surface area contributed by atoms with Gasteiger partial charge >= 0.3 is 0 Å². The Morgan fingerprint density at radius 3 is 2.44 bits per heavy atom. The summed E-state index contributed by atoms with van der Waals surface area (Å²) in [6.07, 6.45) is 0.594. The fourth-order valence-corrected chi connectivity index (χ4v) is 3.03. The van der Waals surface area contributed by atoms with Crippen LogP contribution in [-0.2, 0) is 27.2 Å². The van der Waals surface area contributed by atoms with Crippen LogP contribution in [0.1, 0.15) is 11.1 Å². The first-order valence-corrected chi connectivity index (χ1v) is 9.02. The number of morpholine rings is 1. The fraction of sp³-hybridized carbons (Fsp3) is 0.333. The molecule has 1 heterocycles. The highest BCUT2D eigenvalue weighted by molar-refractivity contribution is 5.92. The highest BCUT2D eigenvalue weighted by Gasteiger charge is 2.17. The number of para-hydroxylation sites is 1. The Bertz CT molecular complexity index is 783. The SMILES string of the molecule is COc1ccccc1CC(=O)Nc1ccc(CC(=O)N2CCOCC2)cc1. The van der Waals surface area contributed by atoms with Gasteiger partial charge in [-0.25, -0.2) is 0 Å². The molecule has 27 heavy (non-hydrogen) atoms. The van der Waals surface area contributed by atoms with E-state index in [1.54, 1.807) is 7.11 Å². The number of hydrogen-bond acceptors (Lipinski definition) is 4. The lowest BCUT2D eigenvalue weighted by Gasteiger charge is -2.26. The van der Waals surface area contributed by atoms with Crippen LogP contribution in [0.5, 0.6) is 5.75 Å². The van der Waals surface area contributed by atoms with Crippen LogP contribution in [0.4, 0.5) is 5.69 Å². The molecule has 0 unspecified atom stereocenters. The highest BCUT2D eigenvalue weighted by atomic mass is 16.5. The molecule has 0 spiro atoms. The van der Waals surface area contributed by atoms with Gasteiger partial charge in [-0.15, -0.1) is 0 Å². The molecule has 0 aliphatic carbocycles. The predicted octanol–water partition coefficient (Wildman–Crippen LogP) is 2.28. The summed E-state index contributed by atoms with van der Waals surface area (Å²) in [6, 6.07) is 14.8. The van der Waals surface area contributed by atoms with E-state index in [9.17, 15) is 9.59 Å². The van der Waals surface area contributed by atoms with Crippen LogP contribution >= 0.6 is 0 Å². The molecule has 0 saturated carbocycles. The van der Waals surface area contributed by atoms with Gasteiger partial charge in [0.05, 0.1) is 33.2 Å². The first-order valence-electron chi connectivity index (χ1n) is 9.02. The number of carbonyl (C=O) groups is 2. The van der Waals surface area contributed by atoms with Crippen LogP contribution in [-0.4, -0.2) is 50.1 Å². The Morgan fingerprint density at radius 2 is 1.74 bits per heavy atom. The third-order valence-electron chi connectivity index (χ3n) is 4.50. The minimum Gasteiger partial charge on any atom is -0.496 e. The van der Waals surface area contributed by atoms with Crippen molar-refractivity contribution in [1.29, 1.82) is 0 Å². The fourth-order valence-electron chi connectivity index (χ4n) is 3.03. The standard InChI is InChI=1S/C21H24N2O4/c1-26-19-5-3-2-4-17(19)15-20(24)22-18-8-6-16(7-9-18)14-21(25)23-10-12-27-13-11-23/h2-9H,10-15H2,1H3,(H,22,24). The van der Waals surface area contributed by atoms with Gasteiger partial charge < -0.3 is 19.7 Å². The first-order chi connectivity index (χ1) is 13.2. The maximum absolute atomic E-state index is 12.3. The number of nitrogens with zero attached hydrogens (tertiary/aromatic N) is 1. The smallest absolute Gasteiger partial charge is 0.228 e. The van der Waals surface area contributed by atoms with E-state index in [1.165, 1.54) is 0 Å². The average Bonchev–Trinajstić information content (AvgIpc) is 2.70. The molecule has 6 heteroatoms. The molecule has 3 rings (SSSR count). The number of hydrogen-bond donors (Lipinski definition) is 1. The van der Waals surface area contributed by atoms with Crippen LogP contribution in [0.2, 0.25) is 0 Å². The molecule has 0 atom stereocenters. The predicted molar refractivity (Wildman–Crippen MR) is 103 cm³/mol. The molecular formula is C21H24N2O4.